The summed E-state index contributed by atoms with van der Waals surface area (Å²) in [5.74, 6) is 0. The van der Waals surface area contributed by atoms with Crippen LogP contribution >= 0.6 is 0 Å². The maximum absolute atomic E-state index is 5.96. The van der Waals surface area contributed by atoms with E-state index in [2.05, 4.69) is 41.3 Å². The van der Waals surface area contributed by atoms with Crippen LogP contribution in [0, 0.1) is 0 Å². The molecule has 1 aliphatic rings. The van der Waals surface area contributed by atoms with Gasteiger partial charge in [-0.05, 0) is 28.8 Å². The number of morpholine rings is 1. The van der Waals surface area contributed by atoms with Crippen molar-refractivity contribution in [1.82, 2.24) is 4.90 Å². The Morgan fingerprint density at radius 1 is 1.00 bits per heavy atom. The third-order valence-corrected chi connectivity index (χ3v) is 3.72. The minimum absolute atomic E-state index is 0.814. The zero-order valence-electron chi connectivity index (χ0n) is 11.6. The summed E-state index contributed by atoms with van der Waals surface area (Å²) < 4.78 is 5.41. The van der Waals surface area contributed by atoms with Gasteiger partial charge in [-0.3, -0.25) is 4.90 Å². The first-order valence-electron chi connectivity index (χ1n) is 7.07. The van der Waals surface area contributed by atoms with Crippen molar-refractivity contribution in [2.45, 2.75) is 6.54 Å². The van der Waals surface area contributed by atoms with Crippen molar-refractivity contribution in [2.24, 2.45) is 0 Å². The Kier molecular flexibility index (Phi) is 4.00. The van der Waals surface area contributed by atoms with Crippen LogP contribution in [-0.2, 0) is 11.3 Å². The molecule has 1 fully saturated rings. The van der Waals surface area contributed by atoms with Crippen LogP contribution in [0.25, 0.3) is 11.1 Å². The lowest BCUT2D eigenvalue weighted by atomic mass is 9.98. The number of nitrogens with zero attached hydrogens (tertiary/aromatic N) is 1. The second kappa shape index (κ2) is 6.07. The summed E-state index contributed by atoms with van der Waals surface area (Å²) in [6.45, 7) is 4.61. The van der Waals surface area contributed by atoms with Crippen LogP contribution in [0.1, 0.15) is 5.56 Å². The molecular formula is C17H20N2O. The summed E-state index contributed by atoms with van der Waals surface area (Å²) >= 11 is 0. The molecule has 3 heteroatoms. The van der Waals surface area contributed by atoms with Gasteiger partial charge >= 0.3 is 0 Å². The summed E-state index contributed by atoms with van der Waals surface area (Å²) in [6.07, 6.45) is 0. The van der Waals surface area contributed by atoms with Gasteiger partial charge in [0.25, 0.3) is 0 Å². The van der Waals surface area contributed by atoms with Crippen LogP contribution in [0.5, 0.6) is 0 Å². The molecule has 0 bridgehead atoms. The van der Waals surface area contributed by atoms with E-state index in [-0.39, 0.29) is 0 Å². The number of hydrogen-bond donors (Lipinski definition) is 1. The zero-order valence-corrected chi connectivity index (χ0v) is 11.6. The molecule has 0 aliphatic carbocycles. The summed E-state index contributed by atoms with van der Waals surface area (Å²) in [5, 5.41) is 0. The van der Waals surface area contributed by atoms with Crippen LogP contribution in [0.15, 0.2) is 48.5 Å². The Labute approximate surface area is 120 Å². The number of ether oxygens (including phenoxy) is 1. The van der Waals surface area contributed by atoms with Crippen molar-refractivity contribution in [2.75, 3.05) is 32.0 Å². The molecule has 0 radical (unpaired) electrons. The Balaban J connectivity index is 1.90. The van der Waals surface area contributed by atoms with Gasteiger partial charge in [0.15, 0.2) is 0 Å². The van der Waals surface area contributed by atoms with Crippen molar-refractivity contribution < 1.29 is 4.74 Å². The molecule has 0 saturated carbocycles. The normalized spacial score (nSPS) is 16.2. The van der Waals surface area contributed by atoms with E-state index in [9.17, 15) is 0 Å². The minimum Gasteiger partial charge on any atom is -0.399 e. The average molecular weight is 268 g/mol. The van der Waals surface area contributed by atoms with Crippen molar-refractivity contribution in [3.8, 4) is 11.1 Å². The van der Waals surface area contributed by atoms with Crippen molar-refractivity contribution >= 4 is 5.69 Å². The van der Waals surface area contributed by atoms with E-state index in [1.165, 1.54) is 16.7 Å². The van der Waals surface area contributed by atoms with Crippen LogP contribution in [-0.4, -0.2) is 31.2 Å². The zero-order chi connectivity index (χ0) is 13.8. The lowest BCUT2D eigenvalue weighted by Crippen LogP contribution is -2.35. The molecule has 0 atom stereocenters. The number of benzene rings is 2. The van der Waals surface area contributed by atoms with Gasteiger partial charge in [0.1, 0.15) is 0 Å². The van der Waals surface area contributed by atoms with Crippen LogP contribution in [0.3, 0.4) is 0 Å². The fourth-order valence-corrected chi connectivity index (χ4v) is 2.62. The molecule has 0 aromatic heterocycles. The number of anilines is 1. The molecule has 2 aromatic carbocycles. The highest BCUT2D eigenvalue weighted by Crippen LogP contribution is 2.27. The minimum atomic E-state index is 0.814. The van der Waals surface area contributed by atoms with Crippen molar-refractivity contribution in [3.63, 3.8) is 0 Å². The average Bonchev–Trinajstić information content (AvgIpc) is 2.51. The first-order chi connectivity index (χ1) is 9.83. The fraction of sp³-hybridized carbons (Fsp3) is 0.294. The van der Waals surface area contributed by atoms with E-state index in [1.54, 1.807) is 0 Å². The lowest BCUT2D eigenvalue weighted by molar-refractivity contribution is 0.0342. The molecule has 0 spiro atoms. The molecule has 20 heavy (non-hydrogen) atoms. The highest BCUT2D eigenvalue weighted by Gasteiger charge is 2.13. The predicted molar refractivity (Wildman–Crippen MR) is 82.4 cm³/mol. The van der Waals surface area contributed by atoms with E-state index < -0.39 is 0 Å². The smallest absolute Gasteiger partial charge is 0.0594 e. The second-order valence-corrected chi connectivity index (χ2v) is 5.17. The molecule has 2 N–H and O–H groups in total. The Hall–Kier alpha value is -1.84. The van der Waals surface area contributed by atoms with Crippen LogP contribution < -0.4 is 5.73 Å². The summed E-state index contributed by atoms with van der Waals surface area (Å²) in [6, 6.07) is 16.7. The van der Waals surface area contributed by atoms with Crippen LogP contribution in [0.4, 0.5) is 5.69 Å². The molecule has 3 rings (SSSR count). The highest BCUT2D eigenvalue weighted by molar-refractivity contribution is 5.71. The van der Waals surface area contributed by atoms with Gasteiger partial charge < -0.3 is 10.5 Å². The van der Waals surface area contributed by atoms with Crippen molar-refractivity contribution in [1.29, 1.82) is 0 Å². The Morgan fingerprint density at radius 2 is 1.75 bits per heavy atom. The molecule has 2 aromatic rings. The fourth-order valence-electron chi connectivity index (χ4n) is 2.62. The summed E-state index contributed by atoms with van der Waals surface area (Å²) in [5.41, 5.74) is 10.6. The van der Waals surface area contributed by atoms with Gasteiger partial charge in [-0.15, -0.1) is 0 Å². The molecule has 0 amide bonds. The first kappa shape index (κ1) is 13.2. The number of hydrogen-bond acceptors (Lipinski definition) is 3. The van der Waals surface area contributed by atoms with Gasteiger partial charge in [-0.1, -0.05) is 36.4 Å². The van der Waals surface area contributed by atoms with Gasteiger partial charge in [0, 0.05) is 25.3 Å². The maximum Gasteiger partial charge on any atom is 0.0594 e. The van der Waals surface area contributed by atoms with E-state index in [1.807, 2.05) is 12.1 Å². The number of rotatable bonds is 3. The molecule has 3 nitrogen and oxygen atoms in total. The predicted octanol–water partition coefficient (Wildman–Crippen LogP) is 2.77. The van der Waals surface area contributed by atoms with Gasteiger partial charge in [0.2, 0.25) is 0 Å². The summed E-state index contributed by atoms with van der Waals surface area (Å²) in [4.78, 5) is 2.43. The third-order valence-electron chi connectivity index (χ3n) is 3.72. The summed E-state index contributed by atoms with van der Waals surface area (Å²) in [7, 11) is 0. The van der Waals surface area contributed by atoms with Gasteiger partial charge in [-0.2, -0.15) is 0 Å². The molecular weight excluding hydrogens is 248 g/mol. The van der Waals surface area contributed by atoms with Gasteiger partial charge in [-0.25, -0.2) is 0 Å². The van der Waals surface area contributed by atoms with Crippen LogP contribution in [0.2, 0.25) is 0 Å². The SMILES string of the molecule is Nc1ccc(CN2CCOCC2)c(-c2ccccc2)c1. The third kappa shape index (κ3) is 3.00. The number of nitrogen functional groups attached to an aromatic ring is 1. The topological polar surface area (TPSA) is 38.5 Å². The molecule has 1 aliphatic heterocycles. The Bertz CT molecular complexity index is 562. The Morgan fingerprint density at radius 3 is 2.50 bits per heavy atom. The van der Waals surface area contributed by atoms with E-state index in [0.717, 1.165) is 38.5 Å². The molecule has 1 saturated heterocycles. The molecule has 104 valence electrons. The highest BCUT2D eigenvalue weighted by atomic mass is 16.5. The van der Waals surface area contributed by atoms with E-state index in [0.29, 0.717) is 0 Å². The van der Waals surface area contributed by atoms with E-state index in [4.69, 9.17) is 10.5 Å². The largest absolute Gasteiger partial charge is 0.399 e. The molecule has 0 unspecified atom stereocenters. The monoisotopic (exact) mass is 268 g/mol. The quantitative estimate of drug-likeness (QED) is 0.870. The molecule has 1 heterocycles. The maximum atomic E-state index is 5.96. The standard InChI is InChI=1S/C17H20N2O/c18-16-7-6-15(13-19-8-10-20-11-9-19)17(12-16)14-4-2-1-3-5-14/h1-7,12H,8-11,13,18H2. The van der Waals surface area contributed by atoms with Gasteiger partial charge in [0.05, 0.1) is 13.2 Å². The number of nitrogens with two attached hydrogens (primary N) is 1. The lowest BCUT2D eigenvalue weighted by Gasteiger charge is -2.27. The second-order valence-electron chi connectivity index (χ2n) is 5.17. The van der Waals surface area contributed by atoms with Crippen molar-refractivity contribution in [3.05, 3.63) is 54.1 Å². The van der Waals surface area contributed by atoms with E-state index >= 15 is 0 Å². The first-order valence-corrected chi connectivity index (χ1v) is 7.07.